The van der Waals surface area contributed by atoms with E-state index in [-0.39, 0.29) is 43.5 Å². The molecule has 0 saturated heterocycles. The molecule has 0 aromatic heterocycles. The van der Waals surface area contributed by atoms with Crippen molar-refractivity contribution in [2.45, 2.75) is 203 Å². The number of hydrogen-bond donors (Lipinski definition) is 0. The summed E-state index contributed by atoms with van der Waals surface area (Å²) in [5.41, 5.74) is 12.6. The SMILES string of the molecule is CC(C)(C)c1cc2c(c(C(C)(C)C)c1)[O][Ge]([O]c1c(-c3cc(C(C)(C)C)cc4c3OC4(C)C)cc(C(C)(C)C)cc1C(C)(C)C)[O]c1c-2cc(C(C)(C)C)cc1C(C)(C)C. The zero-order valence-corrected chi connectivity index (χ0v) is 43.8. The predicted octanol–water partition coefficient (Wildman–Crippen LogP) is 15.6. The van der Waals surface area contributed by atoms with Crippen molar-refractivity contribution in [1.29, 1.82) is 0 Å². The zero-order valence-electron chi connectivity index (χ0n) is 41.8. The van der Waals surface area contributed by atoms with E-state index in [0.717, 1.165) is 50.8 Å². The third-order valence-corrected chi connectivity index (χ3v) is 14.7. The van der Waals surface area contributed by atoms with Crippen LogP contribution in [-0.4, -0.2) is 15.4 Å². The molecule has 6 rings (SSSR count). The fraction of sp³-hybridized carbons (Fsp3) is 0.564. The molecule has 2 heterocycles. The van der Waals surface area contributed by atoms with Crippen LogP contribution < -0.4 is 16.0 Å². The Morgan fingerprint density at radius 1 is 0.383 bits per heavy atom. The normalized spacial score (nSPS) is 16.1. The second-order valence-corrected chi connectivity index (χ2v) is 27.9. The van der Waals surface area contributed by atoms with Gasteiger partial charge >= 0.3 is 372 Å². The Bertz CT molecular complexity index is 2240. The summed E-state index contributed by atoms with van der Waals surface area (Å²) in [7, 11) is 0. The summed E-state index contributed by atoms with van der Waals surface area (Å²) in [6.45, 7) is 52.5. The minimum atomic E-state index is -3.52. The first-order valence-corrected chi connectivity index (χ1v) is 24.8. The van der Waals surface area contributed by atoms with Gasteiger partial charge in [-0.05, 0) is 0 Å². The van der Waals surface area contributed by atoms with Gasteiger partial charge in [0.1, 0.15) is 0 Å². The van der Waals surface area contributed by atoms with Crippen molar-refractivity contribution in [1.82, 2.24) is 0 Å². The molecule has 4 aromatic rings. The van der Waals surface area contributed by atoms with Gasteiger partial charge in [-0.15, -0.1) is 0 Å². The Morgan fingerprint density at radius 2 is 0.700 bits per heavy atom. The van der Waals surface area contributed by atoms with E-state index in [1.807, 2.05) is 0 Å². The summed E-state index contributed by atoms with van der Waals surface area (Å²) >= 11 is -3.52. The third kappa shape index (κ3) is 8.80. The molecule has 5 heteroatoms. The molecule has 0 unspecified atom stereocenters. The van der Waals surface area contributed by atoms with Crippen LogP contribution in [0.4, 0.5) is 0 Å². The second-order valence-electron chi connectivity index (χ2n) is 25.5. The predicted molar refractivity (Wildman–Crippen MR) is 256 cm³/mol. The molecule has 1 radical (unpaired) electrons. The molecule has 4 nitrogen and oxygen atoms in total. The van der Waals surface area contributed by atoms with Gasteiger partial charge in [0.2, 0.25) is 0 Å². The van der Waals surface area contributed by atoms with E-state index >= 15 is 0 Å². The molecule has 2 aliphatic heterocycles. The molecule has 325 valence electrons. The quantitative estimate of drug-likeness (QED) is 0.192. The third-order valence-electron chi connectivity index (χ3n) is 12.4. The topological polar surface area (TPSA) is 36.9 Å². The van der Waals surface area contributed by atoms with Crippen LogP contribution in [0.2, 0.25) is 0 Å². The van der Waals surface area contributed by atoms with E-state index in [9.17, 15) is 0 Å². The van der Waals surface area contributed by atoms with Crippen LogP contribution in [0.1, 0.15) is 204 Å². The first-order chi connectivity index (χ1) is 26.9. The van der Waals surface area contributed by atoms with Crippen molar-refractivity contribution < 1.29 is 16.0 Å². The van der Waals surface area contributed by atoms with Crippen LogP contribution in [0.25, 0.3) is 22.3 Å². The summed E-state index contributed by atoms with van der Waals surface area (Å²) in [6.07, 6.45) is 0. The standard InChI is InChI=1S/C55H77GeO4/c1-48(2,3)32-25-37(36-24-35(51(10,11)12)31-43-44(36)57-55(43,22)23)45(40(28-32)52(13,14)15)58-56-59-46-38(26-33(49(4,5)6)29-41(46)53(16,17)18)39-27-34(50(7,8)9)30-42(47(39)60-56)54(19,20)21/h24-31H,1-23H3. The molecule has 0 bridgehead atoms. The Morgan fingerprint density at radius 3 is 1.03 bits per heavy atom. The maximum atomic E-state index is 7.65. The first kappa shape index (κ1) is 46.1. The number of benzene rings is 4. The van der Waals surface area contributed by atoms with Crippen molar-refractivity contribution in [3.05, 3.63) is 93.0 Å². The molecule has 0 saturated carbocycles. The van der Waals surface area contributed by atoms with Gasteiger partial charge < -0.3 is 0 Å². The molecule has 2 aliphatic rings. The molecule has 0 fully saturated rings. The summed E-state index contributed by atoms with van der Waals surface area (Å²) in [5.74, 6) is 3.51. The molecule has 0 N–H and O–H groups in total. The van der Waals surface area contributed by atoms with Gasteiger partial charge in [0.15, 0.2) is 0 Å². The maximum absolute atomic E-state index is 7.65. The van der Waals surface area contributed by atoms with Gasteiger partial charge in [-0.3, -0.25) is 0 Å². The molecule has 0 amide bonds. The van der Waals surface area contributed by atoms with Crippen LogP contribution in [0.15, 0.2) is 48.5 Å². The first-order valence-electron chi connectivity index (χ1n) is 22.3. The van der Waals surface area contributed by atoms with Crippen LogP contribution in [0.5, 0.6) is 23.0 Å². The van der Waals surface area contributed by atoms with Gasteiger partial charge in [-0.2, -0.15) is 0 Å². The van der Waals surface area contributed by atoms with Crippen molar-refractivity contribution >= 4 is 15.4 Å². The van der Waals surface area contributed by atoms with Gasteiger partial charge in [-0.25, -0.2) is 0 Å². The zero-order chi connectivity index (χ0) is 45.3. The Kier molecular flexibility index (Phi) is 11.0. The molecule has 0 spiro atoms. The number of fused-ring (bicyclic) bond motifs is 4. The average molecular weight is 875 g/mol. The van der Waals surface area contributed by atoms with Gasteiger partial charge in [0.25, 0.3) is 0 Å². The second kappa shape index (κ2) is 14.3. The van der Waals surface area contributed by atoms with Gasteiger partial charge in [-0.1, -0.05) is 0 Å². The molecular weight excluding hydrogens is 797 g/mol. The summed E-state index contributed by atoms with van der Waals surface area (Å²) in [6, 6.07) is 18.9. The molecular formula is C55H77GeO4. The van der Waals surface area contributed by atoms with Crippen molar-refractivity contribution in [3.63, 3.8) is 0 Å². The Balaban J connectivity index is 1.73. The van der Waals surface area contributed by atoms with E-state index in [0.29, 0.717) is 0 Å². The van der Waals surface area contributed by atoms with E-state index in [1.165, 1.54) is 38.9 Å². The fourth-order valence-corrected chi connectivity index (χ4v) is 10.9. The number of rotatable bonds is 3. The van der Waals surface area contributed by atoms with Gasteiger partial charge in [0.05, 0.1) is 0 Å². The van der Waals surface area contributed by atoms with Crippen LogP contribution in [0, 0.1) is 0 Å². The van der Waals surface area contributed by atoms with E-state index in [2.05, 4.69) is 208 Å². The molecule has 0 aliphatic carbocycles. The van der Waals surface area contributed by atoms with E-state index in [1.54, 1.807) is 0 Å². The number of ether oxygens (including phenoxy) is 1. The molecule has 60 heavy (non-hydrogen) atoms. The summed E-state index contributed by atoms with van der Waals surface area (Å²) < 4.78 is 29.3. The van der Waals surface area contributed by atoms with Gasteiger partial charge in [0, 0.05) is 0 Å². The van der Waals surface area contributed by atoms with Crippen molar-refractivity contribution in [2.75, 3.05) is 0 Å². The number of hydrogen-bond acceptors (Lipinski definition) is 4. The van der Waals surface area contributed by atoms with Crippen LogP contribution in [0.3, 0.4) is 0 Å². The van der Waals surface area contributed by atoms with Crippen LogP contribution in [-0.2, 0) is 43.5 Å². The molecule has 4 aromatic carbocycles. The van der Waals surface area contributed by atoms with Crippen molar-refractivity contribution in [3.8, 4) is 45.3 Å². The minimum absolute atomic E-state index is 0.0765. The Hall–Kier alpha value is -3.38. The molecule has 0 atom stereocenters. The Labute approximate surface area is 370 Å². The summed E-state index contributed by atoms with van der Waals surface area (Å²) in [5, 5.41) is 0. The van der Waals surface area contributed by atoms with E-state index in [4.69, 9.17) is 16.0 Å². The van der Waals surface area contributed by atoms with E-state index < -0.39 is 15.4 Å². The van der Waals surface area contributed by atoms with Crippen LogP contribution >= 0.6 is 0 Å². The van der Waals surface area contributed by atoms with Crippen molar-refractivity contribution in [2.24, 2.45) is 0 Å². The average Bonchev–Trinajstić information content (AvgIpc) is 3.20. The summed E-state index contributed by atoms with van der Waals surface area (Å²) in [4.78, 5) is 0. The fourth-order valence-electron chi connectivity index (χ4n) is 8.18. The monoisotopic (exact) mass is 876 g/mol.